The van der Waals surface area contributed by atoms with E-state index in [1.165, 1.54) is 126 Å². The lowest BCUT2D eigenvalue weighted by molar-refractivity contribution is 0.332. The molecule has 0 unspecified atom stereocenters. The largest absolute Gasteiger partial charge is 0.456 e. The highest BCUT2D eigenvalue weighted by molar-refractivity contribution is 6.94. The van der Waals surface area contributed by atoms with Gasteiger partial charge in [0, 0.05) is 44.8 Å². The van der Waals surface area contributed by atoms with E-state index in [2.05, 4.69) is 208 Å². The molecule has 8 aromatic rings. The van der Waals surface area contributed by atoms with Gasteiger partial charge in [-0.25, -0.2) is 0 Å². The molecule has 2 aliphatic heterocycles. The van der Waals surface area contributed by atoms with E-state index < -0.39 is 0 Å². The van der Waals surface area contributed by atoms with Crippen molar-refractivity contribution in [1.29, 1.82) is 0 Å². The minimum atomic E-state index is -0.101. The molecule has 3 aliphatic carbocycles. The van der Waals surface area contributed by atoms with Crippen LogP contribution in [0.3, 0.4) is 0 Å². The van der Waals surface area contributed by atoms with Crippen LogP contribution < -0.4 is 20.6 Å². The Kier molecular flexibility index (Phi) is 8.43. The number of hydrogen-bond acceptors (Lipinski definition) is 3. The van der Waals surface area contributed by atoms with Gasteiger partial charge in [-0.05, 0) is 186 Å². The van der Waals surface area contributed by atoms with E-state index in [0.29, 0.717) is 0 Å². The lowest BCUT2D eigenvalue weighted by atomic mass is 9.42. The maximum Gasteiger partial charge on any atom is 0.333 e. The molecular formula is C64H67BN2O. The molecule has 3 nitrogen and oxygen atoms in total. The first-order chi connectivity index (χ1) is 32.2. The first-order valence-corrected chi connectivity index (χ1v) is 25.8. The fourth-order valence-electron chi connectivity index (χ4n) is 14.0. The summed E-state index contributed by atoms with van der Waals surface area (Å²) in [5.74, 6) is 0. The predicted octanol–water partition coefficient (Wildman–Crippen LogP) is 16.5. The summed E-state index contributed by atoms with van der Waals surface area (Å²) in [5, 5.41) is 4.87. The minimum absolute atomic E-state index is 0.0271. The van der Waals surface area contributed by atoms with Crippen LogP contribution in [-0.2, 0) is 32.5 Å². The molecule has 0 spiro atoms. The van der Waals surface area contributed by atoms with Crippen molar-refractivity contribution in [2.75, 3.05) is 9.71 Å². The molecule has 13 rings (SSSR count). The molecule has 0 fully saturated rings. The van der Waals surface area contributed by atoms with Crippen molar-refractivity contribution < 1.29 is 4.42 Å². The molecular weight excluding hydrogens is 824 g/mol. The molecule has 342 valence electrons. The Labute approximate surface area is 405 Å². The third-order valence-electron chi connectivity index (χ3n) is 18.6. The second kappa shape index (κ2) is 13.5. The highest BCUT2D eigenvalue weighted by Gasteiger charge is 2.50. The maximum atomic E-state index is 6.82. The van der Waals surface area contributed by atoms with Crippen LogP contribution in [0.25, 0.3) is 43.8 Å². The fourth-order valence-corrected chi connectivity index (χ4v) is 14.0. The van der Waals surface area contributed by atoms with Gasteiger partial charge in [-0.2, -0.15) is 0 Å². The molecule has 0 N–H and O–H groups in total. The Balaban J connectivity index is 1.20. The summed E-state index contributed by atoms with van der Waals surface area (Å²) >= 11 is 0. The number of furan rings is 1. The van der Waals surface area contributed by atoms with Gasteiger partial charge in [0.25, 0.3) is 0 Å². The van der Waals surface area contributed by atoms with E-state index in [1.54, 1.807) is 0 Å². The van der Waals surface area contributed by atoms with Gasteiger partial charge in [0.15, 0.2) is 0 Å². The zero-order valence-electron chi connectivity index (χ0n) is 42.6. The Morgan fingerprint density at radius 2 is 0.926 bits per heavy atom. The molecule has 1 aromatic heterocycles. The van der Waals surface area contributed by atoms with Crippen molar-refractivity contribution in [3.05, 3.63) is 149 Å². The highest BCUT2D eigenvalue weighted by Crippen LogP contribution is 2.56. The Hall–Kier alpha value is -5.74. The molecule has 0 atom stereocenters. The van der Waals surface area contributed by atoms with E-state index in [9.17, 15) is 0 Å². The standard InChI is InChI=1S/C64H67BN2O/c1-59(2)25-27-61(5,6)47-32-39(21-23-45(47)59)66-53-37-50-49(63(9,10)29-30-64(50,11)12)36-51(53)65-58-54(66)31-38-17-13-14-18-41(38)57(58)44-35-56-43(42-19-15-16-20-55(42)68-56)34-52(44)67(65)40-22-24-46-48(33-40)62(7,8)28-26-60(46,3)4/h13-24,31-37H,25-30H2,1-12H3. The molecule has 0 amide bonds. The van der Waals surface area contributed by atoms with E-state index in [1.807, 2.05) is 0 Å². The number of fused-ring (bicyclic) bond motifs is 12. The Morgan fingerprint density at radius 3 is 1.56 bits per heavy atom. The molecule has 4 heteroatoms. The van der Waals surface area contributed by atoms with Crippen molar-refractivity contribution in [2.24, 2.45) is 0 Å². The minimum Gasteiger partial charge on any atom is -0.456 e. The second-order valence-corrected chi connectivity index (χ2v) is 25.7. The van der Waals surface area contributed by atoms with Crippen molar-refractivity contribution in [2.45, 2.75) is 154 Å². The van der Waals surface area contributed by atoms with Gasteiger partial charge in [-0.3, -0.25) is 0 Å². The Morgan fingerprint density at radius 1 is 0.412 bits per heavy atom. The molecule has 0 saturated heterocycles. The summed E-state index contributed by atoms with van der Waals surface area (Å²) in [6.45, 7) is 29.6. The lowest BCUT2D eigenvalue weighted by Gasteiger charge is -2.49. The number of para-hydroxylation sites is 1. The van der Waals surface area contributed by atoms with Crippen LogP contribution in [0.5, 0.6) is 0 Å². The number of rotatable bonds is 2. The highest BCUT2D eigenvalue weighted by atomic mass is 16.3. The van der Waals surface area contributed by atoms with Crippen LogP contribution in [0.1, 0.15) is 155 Å². The van der Waals surface area contributed by atoms with Gasteiger partial charge in [0.05, 0.1) is 0 Å². The molecule has 7 aromatic carbocycles. The summed E-state index contributed by atoms with van der Waals surface area (Å²) in [5.41, 5.74) is 22.9. The summed E-state index contributed by atoms with van der Waals surface area (Å²) in [4.78, 5) is 5.48. The third kappa shape index (κ3) is 5.79. The topological polar surface area (TPSA) is 19.6 Å². The van der Waals surface area contributed by atoms with Crippen LogP contribution >= 0.6 is 0 Å². The van der Waals surface area contributed by atoms with Gasteiger partial charge >= 0.3 is 6.85 Å². The van der Waals surface area contributed by atoms with Gasteiger partial charge in [-0.15, -0.1) is 0 Å². The van der Waals surface area contributed by atoms with Crippen LogP contribution in [0.4, 0.5) is 28.4 Å². The molecule has 68 heavy (non-hydrogen) atoms. The average molecular weight is 891 g/mol. The van der Waals surface area contributed by atoms with Gasteiger partial charge in [-0.1, -0.05) is 144 Å². The van der Waals surface area contributed by atoms with Gasteiger partial charge < -0.3 is 14.1 Å². The number of anilines is 5. The first-order valence-electron chi connectivity index (χ1n) is 25.8. The van der Waals surface area contributed by atoms with Gasteiger partial charge in [0.1, 0.15) is 11.2 Å². The normalized spacial score (nSPS) is 20.6. The SMILES string of the molecule is CC1(C)CCC(C)(C)c2cc(N3B4c5cc6c(cc5N(c5ccc7c(c5)C(C)(C)CCC7(C)C)c5cc7ccccc7c(c54)-c4cc5oc7ccccc7c5cc43)C(C)(C)CCC6(C)C)ccc21. The van der Waals surface area contributed by atoms with Crippen molar-refractivity contribution in [3.8, 4) is 11.1 Å². The summed E-state index contributed by atoms with van der Waals surface area (Å²) in [6.07, 6.45) is 7.05. The maximum absolute atomic E-state index is 6.82. The summed E-state index contributed by atoms with van der Waals surface area (Å²) in [7, 11) is 0. The average Bonchev–Trinajstić information content (AvgIpc) is 3.67. The third-order valence-corrected chi connectivity index (χ3v) is 18.6. The lowest BCUT2D eigenvalue weighted by Crippen LogP contribution is -2.62. The van der Waals surface area contributed by atoms with Crippen LogP contribution in [0.2, 0.25) is 0 Å². The molecule has 0 radical (unpaired) electrons. The number of nitrogens with zero attached hydrogens (tertiary/aromatic N) is 2. The Bertz CT molecular complexity index is 3500. The molecule has 5 aliphatic rings. The zero-order valence-corrected chi connectivity index (χ0v) is 42.6. The van der Waals surface area contributed by atoms with Crippen LogP contribution in [0, 0.1) is 0 Å². The molecule has 3 heterocycles. The van der Waals surface area contributed by atoms with Crippen LogP contribution in [0.15, 0.2) is 120 Å². The van der Waals surface area contributed by atoms with Crippen molar-refractivity contribution >= 4 is 78.9 Å². The molecule has 0 saturated carbocycles. The first kappa shape index (κ1) is 42.4. The quantitative estimate of drug-likeness (QED) is 0.161. The molecule has 0 bridgehead atoms. The fraction of sp³-hybridized carbons (Fsp3) is 0.375. The van der Waals surface area contributed by atoms with E-state index in [4.69, 9.17) is 4.42 Å². The van der Waals surface area contributed by atoms with E-state index in [-0.39, 0.29) is 39.3 Å². The van der Waals surface area contributed by atoms with Crippen LogP contribution in [-0.4, -0.2) is 6.85 Å². The zero-order chi connectivity index (χ0) is 47.2. The van der Waals surface area contributed by atoms with E-state index in [0.717, 1.165) is 29.4 Å². The predicted molar refractivity (Wildman–Crippen MR) is 291 cm³/mol. The van der Waals surface area contributed by atoms with Crippen molar-refractivity contribution in [3.63, 3.8) is 0 Å². The monoisotopic (exact) mass is 891 g/mol. The smallest absolute Gasteiger partial charge is 0.333 e. The van der Waals surface area contributed by atoms with E-state index >= 15 is 0 Å². The van der Waals surface area contributed by atoms with Gasteiger partial charge in [0.2, 0.25) is 0 Å². The summed E-state index contributed by atoms with van der Waals surface area (Å²) in [6, 6.07) is 45.7. The number of hydrogen-bond donors (Lipinski definition) is 0. The summed E-state index contributed by atoms with van der Waals surface area (Å²) < 4.78 is 6.82. The van der Waals surface area contributed by atoms with Crippen molar-refractivity contribution in [1.82, 2.24) is 0 Å². The number of benzene rings is 7. The second-order valence-electron chi connectivity index (χ2n) is 25.7.